The fraction of sp³-hybridized carbons (Fsp3) is 0.800. The topological polar surface area (TPSA) is 38.5 Å². The molecule has 0 saturated heterocycles. The van der Waals surface area contributed by atoms with Crippen molar-refractivity contribution >= 4 is 0 Å². The number of hydrogen-bond acceptors (Lipinski definition) is 3. The van der Waals surface area contributed by atoms with Gasteiger partial charge in [0.05, 0.1) is 6.10 Å². The van der Waals surface area contributed by atoms with Crippen molar-refractivity contribution in [2.24, 2.45) is 5.73 Å². The average molecular weight is 186 g/mol. The van der Waals surface area contributed by atoms with Gasteiger partial charge in [0.1, 0.15) is 0 Å². The molecule has 0 aliphatic carbocycles. The summed E-state index contributed by atoms with van der Waals surface area (Å²) in [6, 6.07) is 0. The smallest absolute Gasteiger partial charge is 0.0705 e. The monoisotopic (exact) mass is 186 g/mol. The van der Waals surface area contributed by atoms with E-state index in [0.29, 0.717) is 6.54 Å². The van der Waals surface area contributed by atoms with Crippen LogP contribution in [0.25, 0.3) is 0 Å². The fourth-order valence-electron chi connectivity index (χ4n) is 1.24. The van der Waals surface area contributed by atoms with Crippen LogP contribution in [0.1, 0.15) is 13.3 Å². The third-order valence-electron chi connectivity index (χ3n) is 1.97. The summed E-state index contributed by atoms with van der Waals surface area (Å²) in [5.41, 5.74) is 6.69. The first-order chi connectivity index (χ1) is 6.10. The first-order valence-corrected chi connectivity index (χ1v) is 4.66. The van der Waals surface area contributed by atoms with Crippen LogP contribution in [0.2, 0.25) is 0 Å². The lowest BCUT2D eigenvalue weighted by molar-refractivity contribution is 0.0936. The zero-order chi connectivity index (χ0) is 10.3. The molecule has 3 heteroatoms. The molecule has 0 aromatic rings. The molecule has 0 aromatic carbocycles. The molecule has 0 spiro atoms. The van der Waals surface area contributed by atoms with Crippen LogP contribution >= 0.6 is 0 Å². The number of ether oxygens (including phenoxy) is 1. The zero-order valence-corrected chi connectivity index (χ0v) is 9.05. The highest BCUT2D eigenvalue weighted by Crippen LogP contribution is 1.99. The van der Waals surface area contributed by atoms with E-state index in [0.717, 1.165) is 19.5 Å². The normalized spacial score (nSPS) is 13.3. The first kappa shape index (κ1) is 12.6. The summed E-state index contributed by atoms with van der Waals surface area (Å²) in [5, 5.41) is 0. The van der Waals surface area contributed by atoms with Gasteiger partial charge in [0.2, 0.25) is 0 Å². The molecule has 0 amide bonds. The van der Waals surface area contributed by atoms with Crippen molar-refractivity contribution in [3.63, 3.8) is 0 Å². The number of nitrogens with zero attached hydrogens (tertiary/aromatic N) is 1. The van der Waals surface area contributed by atoms with Gasteiger partial charge in [-0.05, 0) is 20.4 Å². The fourth-order valence-corrected chi connectivity index (χ4v) is 1.24. The number of nitrogens with two attached hydrogens (primary N) is 1. The van der Waals surface area contributed by atoms with Crippen LogP contribution in [-0.4, -0.2) is 44.8 Å². The largest absolute Gasteiger partial charge is 0.380 e. The van der Waals surface area contributed by atoms with Crippen molar-refractivity contribution in [3.05, 3.63) is 12.2 Å². The molecule has 0 aliphatic heterocycles. The Kier molecular flexibility index (Phi) is 6.86. The lowest BCUT2D eigenvalue weighted by atomic mass is 10.2. The van der Waals surface area contributed by atoms with E-state index in [-0.39, 0.29) is 6.10 Å². The van der Waals surface area contributed by atoms with Gasteiger partial charge < -0.3 is 15.4 Å². The van der Waals surface area contributed by atoms with Crippen molar-refractivity contribution < 1.29 is 4.74 Å². The highest BCUT2D eigenvalue weighted by molar-refractivity contribution is 4.91. The minimum absolute atomic E-state index is 0.188. The molecule has 0 radical (unpaired) electrons. The quantitative estimate of drug-likeness (QED) is 0.599. The Morgan fingerprint density at radius 3 is 2.62 bits per heavy atom. The van der Waals surface area contributed by atoms with Gasteiger partial charge in [-0.15, -0.1) is 0 Å². The predicted molar refractivity (Wildman–Crippen MR) is 56.8 cm³/mol. The predicted octanol–water partition coefficient (Wildman–Crippen LogP) is 0.858. The minimum atomic E-state index is 0.188. The Hall–Kier alpha value is -0.380. The highest BCUT2D eigenvalue weighted by Gasteiger charge is 2.06. The summed E-state index contributed by atoms with van der Waals surface area (Å²) in [4.78, 5) is 2.23. The summed E-state index contributed by atoms with van der Waals surface area (Å²) in [7, 11) is 3.79. The maximum Gasteiger partial charge on any atom is 0.0705 e. The third-order valence-corrected chi connectivity index (χ3v) is 1.97. The van der Waals surface area contributed by atoms with Gasteiger partial charge in [0.25, 0.3) is 0 Å². The van der Waals surface area contributed by atoms with E-state index >= 15 is 0 Å². The molecule has 0 heterocycles. The van der Waals surface area contributed by atoms with E-state index < -0.39 is 0 Å². The van der Waals surface area contributed by atoms with E-state index in [9.17, 15) is 0 Å². The summed E-state index contributed by atoms with van der Waals surface area (Å²) < 4.78 is 5.18. The van der Waals surface area contributed by atoms with Crippen molar-refractivity contribution in [1.29, 1.82) is 0 Å². The lowest BCUT2D eigenvalue weighted by Gasteiger charge is -2.19. The molecule has 78 valence electrons. The lowest BCUT2D eigenvalue weighted by Crippen LogP contribution is -2.29. The summed E-state index contributed by atoms with van der Waals surface area (Å²) in [5.74, 6) is 0. The molecule has 0 aliphatic rings. The van der Waals surface area contributed by atoms with Crippen LogP contribution < -0.4 is 5.73 Å². The van der Waals surface area contributed by atoms with Crippen LogP contribution in [0.3, 0.4) is 0 Å². The Balaban J connectivity index is 3.55. The van der Waals surface area contributed by atoms with Crippen molar-refractivity contribution in [2.45, 2.75) is 19.4 Å². The van der Waals surface area contributed by atoms with E-state index in [1.54, 1.807) is 7.11 Å². The molecular formula is C10H22N2O. The molecule has 0 aromatic heterocycles. The maximum atomic E-state index is 5.51. The molecule has 0 fully saturated rings. The Bertz CT molecular complexity index is 144. The molecule has 0 bridgehead atoms. The van der Waals surface area contributed by atoms with Crippen molar-refractivity contribution in [2.75, 3.05) is 33.8 Å². The second-order valence-electron chi connectivity index (χ2n) is 3.58. The second-order valence-corrected chi connectivity index (χ2v) is 3.58. The maximum absolute atomic E-state index is 5.51. The molecule has 1 atom stereocenters. The Labute approximate surface area is 81.5 Å². The standard InChI is InChI=1S/C10H22N2O/c1-9(2)8-12(3)6-5-10(7-11)13-4/h10H,1,5-8,11H2,2-4H3. The van der Waals surface area contributed by atoms with Crippen molar-refractivity contribution in [3.8, 4) is 0 Å². The van der Waals surface area contributed by atoms with Crippen molar-refractivity contribution in [1.82, 2.24) is 4.90 Å². The molecule has 1 unspecified atom stereocenters. The number of methoxy groups -OCH3 is 1. The third kappa shape index (κ3) is 6.75. The van der Waals surface area contributed by atoms with Gasteiger partial charge >= 0.3 is 0 Å². The summed E-state index contributed by atoms with van der Waals surface area (Å²) in [6.45, 7) is 8.44. The molecule has 2 N–H and O–H groups in total. The Morgan fingerprint density at radius 2 is 2.23 bits per heavy atom. The van der Waals surface area contributed by atoms with Gasteiger partial charge in [0.15, 0.2) is 0 Å². The van der Waals surface area contributed by atoms with E-state index in [1.807, 2.05) is 6.92 Å². The highest BCUT2D eigenvalue weighted by atomic mass is 16.5. The van der Waals surface area contributed by atoms with Crippen LogP contribution in [0.15, 0.2) is 12.2 Å². The van der Waals surface area contributed by atoms with Gasteiger partial charge in [0, 0.05) is 26.7 Å². The second kappa shape index (κ2) is 7.06. The number of rotatable bonds is 7. The van der Waals surface area contributed by atoms with Gasteiger partial charge in [-0.3, -0.25) is 0 Å². The van der Waals surface area contributed by atoms with E-state index in [2.05, 4.69) is 18.5 Å². The minimum Gasteiger partial charge on any atom is -0.380 e. The molecule has 0 rings (SSSR count). The van der Waals surface area contributed by atoms with Crippen LogP contribution in [0.5, 0.6) is 0 Å². The zero-order valence-electron chi connectivity index (χ0n) is 9.05. The number of hydrogen-bond donors (Lipinski definition) is 1. The van der Waals surface area contributed by atoms with Crippen LogP contribution in [0, 0.1) is 0 Å². The van der Waals surface area contributed by atoms with E-state index in [4.69, 9.17) is 10.5 Å². The number of likely N-dealkylation sites (N-methyl/N-ethyl adjacent to an activating group) is 1. The van der Waals surface area contributed by atoms with Gasteiger partial charge in [-0.25, -0.2) is 0 Å². The van der Waals surface area contributed by atoms with Gasteiger partial charge in [-0.1, -0.05) is 12.2 Å². The first-order valence-electron chi connectivity index (χ1n) is 4.66. The summed E-state index contributed by atoms with van der Waals surface area (Å²) >= 11 is 0. The molecular weight excluding hydrogens is 164 g/mol. The van der Waals surface area contributed by atoms with Crippen LogP contribution in [-0.2, 0) is 4.74 Å². The van der Waals surface area contributed by atoms with E-state index in [1.165, 1.54) is 5.57 Å². The molecule has 0 saturated carbocycles. The summed E-state index contributed by atoms with van der Waals surface area (Å²) in [6.07, 6.45) is 1.17. The SMILES string of the molecule is C=C(C)CN(C)CCC(CN)OC. The van der Waals surface area contributed by atoms with Crippen LogP contribution in [0.4, 0.5) is 0 Å². The Morgan fingerprint density at radius 1 is 1.62 bits per heavy atom. The average Bonchev–Trinajstić information content (AvgIpc) is 2.05. The molecule has 13 heavy (non-hydrogen) atoms. The van der Waals surface area contributed by atoms with Gasteiger partial charge in [-0.2, -0.15) is 0 Å². The molecule has 3 nitrogen and oxygen atoms in total.